The van der Waals surface area contributed by atoms with Gasteiger partial charge < -0.3 is 10.1 Å². The highest BCUT2D eigenvalue weighted by Gasteiger charge is 2.30. The van der Waals surface area contributed by atoms with Crippen molar-refractivity contribution in [1.29, 1.82) is 0 Å². The number of carbonyl (C=O) groups excluding carboxylic acids is 1. The third-order valence-electron chi connectivity index (χ3n) is 3.05. The molecule has 1 atom stereocenters. The van der Waals surface area contributed by atoms with Crippen molar-refractivity contribution < 1.29 is 9.53 Å². The van der Waals surface area contributed by atoms with Gasteiger partial charge in [-0.1, -0.05) is 24.3 Å². The SMILES string of the molecule is CNC(C(=O)OC)c1ccccc1C1CC1. The fourth-order valence-electron chi connectivity index (χ4n) is 2.06. The van der Waals surface area contributed by atoms with Gasteiger partial charge in [0.25, 0.3) is 0 Å². The first-order valence-corrected chi connectivity index (χ1v) is 5.62. The highest BCUT2D eigenvalue weighted by atomic mass is 16.5. The van der Waals surface area contributed by atoms with Crippen molar-refractivity contribution in [3.63, 3.8) is 0 Å². The van der Waals surface area contributed by atoms with E-state index in [1.54, 1.807) is 7.05 Å². The molecular formula is C13H17NO2. The van der Waals surface area contributed by atoms with Crippen LogP contribution < -0.4 is 5.32 Å². The molecule has 0 saturated heterocycles. The van der Waals surface area contributed by atoms with Crippen molar-refractivity contribution in [3.8, 4) is 0 Å². The molecule has 0 radical (unpaired) electrons. The second-order valence-corrected chi connectivity index (χ2v) is 4.15. The summed E-state index contributed by atoms with van der Waals surface area (Å²) in [7, 11) is 3.21. The van der Waals surface area contributed by atoms with Crippen molar-refractivity contribution in [3.05, 3.63) is 35.4 Å². The summed E-state index contributed by atoms with van der Waals surface area (Å²) < 4.78 is 4.81. The average molecular weight is 219 g/mol. The highest BCUT2D eigenvalue weighted by molar-refractivity contribution is 5.78. The molecule has 0 aliphatic heterocycles. The maximum atomic E-state index is 11.7. The van der Waals surface area contributed by atoms with E-state index in [0.717, 1.165) is 5.56 Å². The largest absolute Gasteiger partial charge is 0.468 e. The third-order valence-corrected chi connectivity index (χ3v) is 3.05. The maximum Gasteiger partial charge on any atom is 0.327 e. The number of likely N-dealkylation sites (N-methyl/N-ethyl adjacent to an activating group) is 1. The van der Waals surface area contributed by atoms with E-state index in [0.29, 0.717) is 5.92 Å². The van der Waals surface area contributed by atoms with E-state index in [-0.39, 0.29) is 12.0 Å². The molecule has 1 fully saturated rings. The molecule has 1 N–H and O–H groups in total. The van der Waals surface area contributed by atoms with Crippen LogP contribution in [0.2, 0.25) is 0 Å². The van der Waals surface area contributed by atoms with Gasteiger partial charge in [-0.3, -0.25) is 0 Å². The van der Waals surface area contributed by atoms with E-state index in [1.165, 1.54) is 25.5 Å². The lowest BCUT2D eigenvalue weighted by atomic mass is 9.97. The molecule has 0 spiro atoms. The summed E-state index contributed by atoms with van der Waals surface area (Å²) >= 11 is 0. The molecule has 3 nitrogen and oxygen atoms in total. The van der Waals surface area contributed by atoms with E-state index in [1.807, 2.05) is 18.2 Å². The Bertz CT molecular complexity index is 385. The van der Waals surface area contributed by atoms with Gasteiger partial charge in [0, 0.05) is 0 Å². The Hall–Kier alpha value is -1.35. The number of hydrogen-bond donors (Lipinski definition) is 1. The zero-order valence-corrected chi connectivity index (χ0v) is 9.69. The quantitative estimate of drug-likeness (QED) is 0.787. The number of ether oxygens (including phenoxy) is 1. The predicted octanol–water partition coefficient (Wildman–Crippen LogP) is 2.00. The van der Waals surface area contributed by atoms with Gasteiger partial charge in [-0.05, 0) is 36.9 Å². The van der Waals surface area contributed by atoms with Crippen LogP contribution in [-0.2, 0) is 9.53 Å². The van der Waals surface area contributed by atoms with Crippen LogP contribution in [0.5, 0.6) is 0 Å². The molecule has 1 unspecified atom stereocenters. The molecule has 1 aliphatic carbocycles. The Balaban J connectivity index is 2.33. The second-order valence-electron chi connectivity index (χ2n) is 4.15. The zero-order chi connectivity index (χ0) is 11.5. The second kappa shape index (κ2) is 4.66. The smallest absolute Gasteiger partial charge is 0.327 e. The Morgan fingerprint density at radius 2 is 2.12 bits per heavy atom. The molecule has 0 heterocycles. The van der Waals surface area contributed by atoms with Crippen LogP contribution in [0.3, 0.4) is 0 Å². The molecule has 0 amide bonds. The monoisotopic (exact) mass is 219 g/mol. The van der Waals surface area contributed by atoms with Gasteiger partial charge in [0.1, 0.15) is 6.04 Å². The summed E-state index contributed by atoms with van der Waals surface area (Å²) in [5, 5.41) is 3.02. The number of benzene rings is 1. The number of nitrogens with one attached hydrogen (secondary N) is 1. The normalized spacial score (nSPS) is 16.9. The van der Waals surface area contributed by atoms with E-state index < -0.39 is 0 Å². The summed E-state index contributed by atoms with van der Waals surface area (Å²) in [6.45, 7) is 0. The van der Waals surface area contributed by atoms with Crippen LogP contribution in [0.4, 0.5) is 0 Å². The molecule has 3 heteroatoms. The Kier molecular flexibility index (Phi) is 3.25. The third kappa shape index (κ3) is 2.09. The van der Waals surface area contributed by atoms with Gasteiger partial charge in [-0.15, -0.1) is 0 Å². The lowest BCUT2D eigenvalue weighted by Gasteiger charge is -2.17. The van der Waals surface area contributed by atoms with Gasteiger partial charge in [0.15, 0.2) is 0 Å². The minimum atomic E-state index is -0.346. The van der Waals surface area contributed by atoms with Gasteiger partial charge in [-0.25, -0.2) is 4.79 Å². The fourth-order valence-corrected chi connectivity index (χ4v) is 2.06. The van der Waals surface area contributed by atoms with Crippen molar-refractivity contribution >= 4 is 5.97 Å². The molecule has 0 aromatic heterocycles. The number of carbonyl (C=O) groups is 1. The van der Waals surface area contributed by atoms with E-state index in [2.05, 4.69) is 11.4 Å². The van der Waals surface area contributed by atoms with Crippen LogP contribution in [-0.4, -0.2) is 20.1 Å². The first kappa shape index (κ1) is 11.1. The Morgan fingerprint density at radius 3 is 2.69 bits per heavy atom. The molecule has 2 rings (SSSR count). The lowest BCUT2D eigenvalue weighted by Crippen LogP contribution is -2.27. The van der Waals surface area contributed by atoms with Crippen molar-refractivity contribution in [2.45, 2.75) is 24.8 Å². The van der Waals surface area contributed by atoms with Crippen molar-refractivity contribution in [2.24, 2.45) is 0 Å². The molecule has 86 valence electrons. The van der Waals surface area contributed by atoms with Crippen LogP contribution in [0, 0.1) is 0 Å². The first-order chi connectivity index (χ1) is 7.77. The van der Waals surface area contributed by atoms with E-state index in [9.17, 15) is 4.79 Å². The van der Waals surface area contributed by atoms with E-state index >= 15 is 0 Å². The van der Waals surface area contributed by atoms with E-state index in [4.69, 9.17) is 4.74 Å². The Labute approximate surface area is 95.8 Å². The molecule has 1 aromatic rings. The topological polar surface area (TPSA) is 38.3 Å². The summed E-state index contributed by atoms with van der Waals surface area (Å²) in [6.07, 6.45) is 2.46. The molecular weight excluding hydrogens is 202 g/mol. The number of hydrogen-bond acceptors (Lipinski definition) is 3. The number of esters is 1. The zero-order valence-electron chi connectivity index (χ0n) is 9.69. The summed E-state index contributed by atoms with van der Waals surface area (Å²) in [6, 6.07) is 7.77. The molecule has 1 aliphatic rings. The van der Waals surface area contributed by atoms with Crippen LogP contribution >= 0.6 is 0 Å². The molecule has 1 aromatic carbocycles. The van der Waals surface area contributed by atoms with Crippen molar-refractivity contribution in [2.75, 3.05) is 14.2 Å². The minimum Gasteiger partial charge on any atom is -0.468 e. The van der Waals surface area contributed by atoms with Gasteiger partial charge >= 0.3 is 5.97 Å². The van der Waals surface area contributed by atoms with Crippen LogP contribution in [0.1, 0.15) is 35.9 Å². The lowest BCUT2D eigenvalue weighted by molar-refractivity contribution is -0.143. The maximum absolute atomic E-state index is 11.7. The summed E-state index contributed by atoms with van der Waals surface area (Å²) in [4.78, 5) is 11.7. The highest BCUT2D eigenvalue weighted by Crippen LogP contribution is 2.42. The fraction of sp³-hybridized carbons (Fsp3) is 0.462. The predicted molar refractivity (Wildman–Crippen MR) is 62.2 cm³/mol. The molecule has 16 heavy (non-hydrogen) atoms. The van der Waals surface area contributed by atoms with Gasteiger partial charge in [0.05, 0.1) is 7.11 Å². The summed E-state index contributed by atoms with van der Waals surface area (Å²) in [5.74, 6) is 0.410. The van der Waals surface area contributed by atoms with Crippen molar-refractivity contribution in [1.82, 2.24) is 5.32 Å². The average Bonchev–Trinajstić information content (AvgIpc) is 3.14. The molecule has 1 saturated carbocycles. The minimum absolute atomic E-state index is 0.226. The van der Waals surface area contributed by atoms with Crippen LogP contribution in [0.25, 0.3) is 0 Å². The standard InChI is InChI=1S/C13H17NO2/c1-14-12(13(15)16-2)11-6-4-3-5-10(11)9-7-8-9/h3-6,9,12,14H,7-8H2,1-2H3. The van der Waals surface area contributed by atoms with Gasteiger partial charge in [-0.2, -0.15) is 0 Å². The summed E-state index contributed by atoms with van der Waals surface area (Å²) in [5.41, 5.74) is 2.34. The Morgan fingerprint density at radius 1 is 1.44 bits per heavy atom. The number of rotatable bonds is 4. The first-order valence-electron chi connectivity index (χ1n) is 5.62. The van der Waals surface area contributed by atoms with Crippen LogP contribution in [0.15, 0.2) is 24.3 Å². The van der Waals surface area contributed by atoms with Gasteiger partial charge in [0.2, 0.25) is 0 Å². The molecule has 0 bridgehead atoms. The number of methoxy groups -OCH3 is 1.